The molecule has 1 aromatic carbocycles. The number of guanidine groups is 1. The predicted molar refractivity (Wildman–Crippen MR) is 93.1 cm³/mol. The Balaban J connectivity index is 2.64. The first-order chi connectivity index (χ1) is 10.7. The number of rotatable bonds is 9. The summed E-state index contributed by atoms with van der Waals surface area (Å²) in [5, 5.41) is 6.61. The maximum Gasteiger partial charge on any atom is 0.191 e. The smallest absolute Gasteiger partial charge is 0.191 e. The summed E-state index contributed by atoms with van der Waals surface area (Å²) < 4.78 is 5.06. The third-order valence-corrected chi connectivity index (χ3v) is 3.17. The molecule has 0 amide bonds. The topological polar surface area (TPSA) is 48.9 Å². The van der Waals surface area contributed by atoms with Gasteiger partial charge in [0.15, 0.2) is 5.96 Å². The van der Waals surface area contributed by atoms with Crippen molar-refractivity contribution in [1.29, 1.82) is 0 Å². The van der Waals surface area contributed by atoms with Gasteiger partial charge in [-0.1, -0.05) is 24.3 Å². The van der Waals surface area contributed by atoms with Crippen molar-refractivity contribution in [3.05, 3.63) is 35.4 Å². The van der Waals surface area contributed by atoms with Crippen LogP contribution in [0.1, 0.15) is 24.5 Å². The first kappa shape index (κ1) is 18.5. The molecule has 5 heteroatoms. The molecule has 124 valence electrons. The number of ether oxygens (including phenoxy) is 1. The van der Waals surface area contributed by atoms with E-state index in [1.54, 1.807) is 7.11 Å². The molecule has 0 heterocycles. The standard InChI is InChI=1S/C17H30N4O/c1-5-18-17(19-11-8-12-22-4)20-13-15-9-6-7-10-16(15)14-21(2)3/h6-7,9-10H,5,8,11-14H2,1-4H3,(H2,18,19,20). The molecule has 0 saturated carbocycles. The summed E-state index contributed by atoms with van der Waals surface area (Å²) in [5.41, 5.74) is 2.59. The van der Waals surface area contributed by atoms with E-state index in [9.17, 15) is 0 Å². The number of nitrogens with zero attached hydrogens (tertiary/aromatic N) is 2. The van der Waals surface area contributed by atoms with Gasteiger partial charge in [0.05, 0.1) is 6.54 Å². The molecule has 2 N–H and O–H groups in total. The minimum atomic E-state index is 0.684. The monoisotopic (exact) mass is 306 g/mol. The Hall–Kier alpha value is -1.59. The summed E-state index contributed by atoms with van der Waals surface area (Å²) in [6, 6.07) is 8.48. The summed E-state index contributed by atoms with van der Waals surface area (Å²) in [6.07, 6.45) is 0.970. The Labute approximate surface area is 134 Å². The molecule has 0 saturated heterocycles. The molecule has 0 atom stereocenters. The highest BCUT2D eigenvalue weighted by molar-refractivity contribution is 5.79. The number of methoxy groups -OCH3 is 1. The molecule has 0 aromatic heterocycles. The highest BCUT2D eigenvalue weighted by Gasteiger charge is 2.03. The number of hydrogen-bond acceptors (Lipinski definition) is 3. The fourth-order valence-corrected chi connectivity index (χ4v) is 2.14. The fraction of sp³-hybridized carbons (Fsp3) is 0.588. The summed E-state index contributed by atoms with van der Waals surface area (Å²) in [6.45, 7) is 6.17. The zero-order chi connectivity index (χ0) is 16.2. The predicted octanol–water partition coefficient (Wildman–Crippen LogP) is 1.84. The summed E-state index contributed by atoms with van der Waals surface area (Å²) in [4.78, 5) is 6.86. The zero-order valence-corrected chi connectivity index (χ0v) is 14.4. The number of benzene rings is 1. The van der Waals surface area contributed by atoms with Gasteiger partial charge in [-0.05, 0) is 38.6 Å². The van der Waals surface area contributed by atoms with E-state index in [2.05, 4.69) is 65.8 Å². The lowest BCUT2D eigenvalue weighted by molar-refractivity contribution is 0.195. The van der Waals surface area contributed by atoms with Gasteiger partial charge in [-0.15, -0.1) is 0 Å². The SMILES string of the molecule is CCNC(=NCc1ccccc1CN(C)C)NCCCOC. The van der Waals surface area contributed by atoms with Crippen molar-refractivity contribution >= 4 is 5.96 Å². The molecule has 0 aliphatic carbocycles. The van der Waals surface area contributed by atoms with Gasteiger partial charge < -0.3 is 20.3 Å². The van der Waals surface area contributed by atoms with E-state index < -0.39 is 0 Å². The zero-order valence-electron chi connectivity index (χ0n) is 14.4. The Morgan fingerprint density at radius 2 is 1.91 bits per heavy atom. The van der Waals surface area contributed by atoms with Crippen LogP contribution in [0.3, 0.4) is 0 Å². The number of aliphatic imine (C=N–C) groups is 1. The van der Waals surface area contributed by atoms with Gasteiger partial charge in [0.25, 0.3) is 0 Å². The maximum atomic E-state index is 5.06. The fourth-order valence-electron chi connectivity index (χ4n) is 2.14. The Morgan fingerprint density at radius 1 is 1.18 bits per heavy atom. The van der Waals surface area contributed by atoms with E-state index in [4.69, 9.17) is 4.74 Å². The second kappa shape index (κ2) is 11.0. The van der Waals surface area contributed by atoms with Crippen molar-refractivity contribution in [2.45, 2.75) is 26.4 Å². The van der Waals surface area contributed by atoms with Crippen LogP contribution in [-0.4, -0.2) is 51.8 Å². The van der Waals surface area contributed by atoms with Gasteiger partial charge in [-0.2, -0.15) is 0 Å². The van der Waals surface area contributed by atoms with Crippen LogP contribution in [0.15, 0.2) is 29.3 Å². The van der Waals surface area contributed by atoms with E-state index in [1.165, 1.54) is 11.1 Å². The molecule has 0 spiro atoms. The van der Waals surface area contributed by atoms with Crippen LogP contribution in [0.2, 0.25) is 0 Å². The average Bonchev–Trinajstić information content (AvgIpc) is 2.49. The quantitative estimate of drug-likeness (QED) is 0.415. The lowest BCUT2D eigenvalue weighted by Gasteiger charge is -2.14. The van der Waals surface area contributed by atoms with Crippen molar-refractivity contribution < 1.29 is 4.74 Å². The average molecular weight is 306 g/mol. The van der Waals surface area contributed by atoms with Crippen LogP contribution in [0.5, 0.6) is 0 Å². The van der Waals surface area contributed by atoms with Crippen LogP contribution in [0.4, 0.5) is 0 Å². The Bertz CT molecular complexity index is 446. The highest BCUT2D eigenvalue weighted by atomic mass is 16.5. The van der Waals surface area contributed by atoms with Gasteiger partial charge >= 0.3 is 0 Å². The van der Waals surface area contributed by atoms with E-state index in [1.807, 2.05) is 0 Å². The molecule has 0 unspecified atom stereocenters. The highest BCUT2D eigenvalue weighted by Crippen LogP contribution is 2.11. The lowest BCUT2D eigenvalue weighted by atomic mass is 10.1. The largest absolute Gasteiger partial charge is 0.385 e. The van der Waals surface area contributed by atoms with Crippen molar-refractivity contribution in [2.75, 3.05) is 40.9 Å². The van der Waals surface area contributed by atoms with Crippen LogP contribution in [0, 0.1) is 0 Å². The molecule has 5 nitrogen and oxygen atoms in total. The molecule has 1 rings (SSSR count). The van der Waals surface area contributed by atoms with Crippen LogP contribution < -0.4 is 10.6 Å². The Morgan fingerprint density at radius 3 is 2.55 bits per heavy atom. The van der Waals surface area contributed by atoms with Crippen LogP contribution in [0.25, 0.3) is 0 Å². The van der Waals surface area contributed by atoms with E-state index in [0.717, 1.165) is 38.6 Å². The van der Waals surface area contributed by atoms with Crippen LogP contribution in [-0.2, 0) is 17.8 Å². The molecule has 0 bridgehead atoms. The van der Waals surface area contributed by atoms with Crippen LogP contribution >= 0.6 is 0 Å². The summed E-state index contributed by atoms with van der Waals surface area (Å²) >= 11 is 0. The van der Waals surface area contributed by atoms with Gasteiger partial charge in [0, 0.05) is 33.4 Å². The van der Waals surface area contributed by atoms with Crippen molar-refractivity contribution in [1.82, 2.24) is 15.5 Å². The molecule has 1 aromatic rings. The molecule has 0 aliphatic rings. The second-order valence-electron chi connectivity index (χ2n) is 5.47. The van der Waals surface area contributed by atoms with Gasteiger partial charge in [-0.25, -0.2) is 4.99 Å². The molecule has 0 fully saturated rings. The molecule has 0 aliphatic heterocycles. The van der Waals surface area contributed by atoms with E-state index >= 15 is 0 Å². The molecular weight excluding hydrogens is 276 g/mol. The molecule has 0 radical (unpaired) electrons. The first-order valence-corrected chi connectivity index (χ1v) is 7.90. The van der Waals surface area contributed by atoms with Gasteiger partial charge in [-0.3, -0.25) is 0 Å². The Kier molecular flexibility index (Phi) is 9.26. The first-order valence-electron chi connectivity index (χ1n) is 7.90. The minimum absolute atomic E-state index is 0.684. The van der Waals surface area contributed by atoms with Gasteiger partial charge in [0.1, 0.15) is 0 Å². The molecular formula is C17H30N4O. The summed E-state index contributed by atoms with van der Waals surface area (Å²) in [7, 11) is 5.89. The normalized spacial score (nSPS) is 11.8. The van der Waals surface area contributed by atoms with Crippen molar-refractivity contribution in [2.24, 2.45) is 4.99 Å². The lowest BCUT2D eigenvalue weighted by Crippen LogP contribution is -2.38. The third kappa shape index (κ3) is 7.43. The summed E-state index contributed by atoms with van der Waals surface area (Å²) in [5.74, 6) is 0.859. The molecule has 22 heavy (non-hydrogen) atoms. The minimum Gasteiger partial charge on any atom is -0.385 e. The number of hydrogen-bond donors (Lipinski definition) is 2. The van der Waals surface area contributed by atoms with E-state index in [0.29, 0.717) is 6.54 Å². The van der Waals surface area contributed by atoms with Gasteiger partial charge in [0.2, 0.25) is 0 Å². The number of nitrogens with one attached hydrogen (secondary N) is 2. The maximum absolute atomic E-state index is 5.06. The second-order valence-corrected chi connectivity index (χ2v) is 5.47. The van der Waals surface area contributed by atoms with Crippen molar-refractivity contribution in [3.8, 4) is 0 Å². The van der Waals surface area contributed by atoms with E-state index in [-0.39, 0.29) is 0 Å². The third-order valence-electron chi connectivity index (χ3n) is 3.17. The van der Waals surface area contributed by atoms with Crippen molar-refractivity contribution in [3.63, 3.8) is 0 Å².